The Hall–Kier alpha value is -2.13. The first-order valence-corrected chi connectivity index (χ1v) is 9.75. The lowest BCUT2D eigenvalue weighted by Crippen LogP contribution is -2.32. The van der Waals surface area contributed by atoms with Gasteiger partial charge in [0.05, 0.1) is 0 Å². The first-order valence-electron chi connectivity index (χ1n) is 9.75. The number of nitrogens with one attached hydrogen (secondary N) is 1. The van der Waals surface area contributed by atoms with Crippen LogP contribution in [0.5, 0.6) is 0 Å². The van der Waals surface area contributed by atoms with Crippen LogP contribution in [0.25, 0.3) is 0 Å². The number of likely N-dealkylation sites (tertiary alicyclic amines) is 1. The molecule has 0 radical (unpaired) electrons. The highest BCUT2D eigenvalue weighted by atomic mass is 16.2. The molecule has 1 N–H and O–H groups in total. The molecule has 0 spiro atoms. The zero-order chi connectivity index (χ0) is 18.2. The average molecular weight is 351 g/mol. The molecular weight excluding hydrogens is 320 g/mol. The Morgan fingerprint density at radius 3 is 2.15 bits per heavy atom. The first kappa shape index (κ1) is 18.7. The summed E-state index contributed by atoms with van der Waals surface area (Å²) in [6, 6.07) is 21.1. The van der Waals surface area contributed by atoms with E-state index in [1.165, 1.54) is 11.1 Å². The molecule has 2 aromatic rings. The highest BCUT2D eigenvalue weighted by Gasteiger charge is 2.27. The topological polar surface area (TPSA) is 32.3 Å². The number of hydrogen-bond donors (Lipinski definition) is 1. The molecule has 0 bridgehead atoms. The molecule has 1 fully saturated rings. The standard InChI is InChI=1S/C23H30N2O/c1-24-17-21-12-13-25(18-21)23(26)16-22(14-19-8-4-2-5-9-19)15-20-10-6-3-7-11-20/h2-11,21-22,24H,12-18H2,1H3. The lowest BCUT2D eigenvalue weighted by molar-refractivity contribution is -0.131. The summed E-state index contributed by atoms with van der Waals surface area (Å²) in [4.78, 5) is 15.0. The summed E-state index contributed by atoms with van der Waals surface area (Å²) in [5, 5.41) is 3.24. The molecule has 1 heterocycles. The van der Waals surface area contributed by atoms with Crippen LogP contribution in [0.4, 0.5) is 0 Å². The number of rotatable bonds is 8. The smallest absolute Gasteiger partial charge is 0.222 e. The van der Waals surface area contributed by atoms with Crippen LogP contribution in [0.2, 0.25) is 0 Å². The van der Waals surface area contributed by atoms with Crippen LogP contribution in [-0.2, 0) is 17.6 Å². The molecule has 1 aliphatic heterocycles. The Labute approximate surface area is 157 Å². The van der Waals surface area contributed by atoms with Gasteiger partial charge in [0.1, 0.15) is 0 Å². The summed E-state index contributed by atoms with van der Waals surface area (Å²) < 4.78 is 0. The third-order valence-corrected chi connectivity index (χ3v) is 5.33. The number of benzene rings is 2. The van der Waals surface area contributed by atoms with E-state index in [9.17, 15) is 4.79 Å². The number of carbonyl (C=O) groups is 1. The van der Waals surface area contributed by atoms with Gasteiger partial charge in [-0.05, 0) is 55.8 Å². The third kappa shape index (κ3) is 5.43. The van der Waals surface area contributed by atoms with Crippen molar-refractivity contribution in [2.45, 2.75) is 25.7 Å². The van der Waals surface area contributed by atoms with Crippen LogP contribution >= 0.6 is 0 Å². The fraction of sp³-hybridized carbons (Fsp3) is 0.435. The molecule has 0 aliphatic carbocycles. The summed E-state index contributed by atoms with van der Waals surface area (Å²) in [6.07, 6.45) is 3.66. The Balaban J connectivity index is 1.64. The van der Waals surface area contributed by atoms with Gasteiger partial charge in [-0.25, -0.2) is 0 Å². The van der Waals surface area contributed by atoms with Crippen LogP contribution in [-0.4, -0.2) is 37.5 Å². The fourth-order valence-electron chi connectivity index (χ4n) is 4.00. The molecule has 3 rings (SSSR count). The molecule has 2 aromatic carbocycles. The monoisotopic (exact) mass is 350 g/mol. The van der Waals surface area contributed by atoms with Gasteiger partial charge in [0.15, 0.2) is 0 Å². The van der Waals surface area contributed by atoms with Crippen molar-refractivity contribution in [2.75, 3.05) is 26.7 Å². The number of amides is 1. The second-order valence-corrected chi connectivity index (χ2v) is 7.50. The van der Waals surface area contributed by atoms with E-state index in [2.05, 4.69) is 58.7 Å². The number of nitrogens with zero attached hydrogens (tertiary/aromatic N) is 1. The minimum absolute atomic E-state index is 0.320. The lowest BCUT2D eigenvalue weighted by atomic mass is 9.89. The van der Waals surface area contributed by atoms with Crippen LogP contribution in [0.3, 0.4) is 0 Å². The van der Waals surface area contributed by atoms with E-state index in [1.54, 1.807) is 0 Å². The fourth-order valence-corrected chi connectivity index (χ4v) is 4.00. The van der Waals surface area contributed by atoms with Gasteiger partial charge < -0.3 is 10.2 Å². The highest BCUT2D eigenvalue weighted by Crippen LogP contribution is 2.22. The Bertz CT molecular complexity index is 630. The van der Waals surface area contributed by atoms with Gasteiger partial charge >= 0.3 is 0 Å². The number of carbonyl (C=O) groups excluding carboxylic acids is 1. The predicted molar refractivity (Wildman–Crippen MR) is 107 cm³/mol. The molecule has 1 unspecified atom stereocenters. The molecule has 1 saturated heterocycles. The zero-order valence-corrected chi connectivity index (χ0v) is 15.7. The molecule has 0 saturated carbocycles. The normalized spacial score (nSPS) is 17.0. The predicted octanol–water partition coefficient (Wildman–Crippen LogP) is 3.55. The first-order chi connectivity index (χ1) is 12.7. The van der Waals surface area contributed by atoms with Gasteiger partial charge in [0.2, 0.25) is 5.91 Å². The van der Waals surface area contributed by atoms with Gasteiger partial charge in [0, 0.05) is 19.5 Å². The molecule has 3 nitrogen and oxygen atoms in total. The molecular formula is C23H30N2O. The largest absolute Gasteiger partial charge is 0.342 e. The van der Waals surface area contributed by atoms with Crippen LogP contribution < -0.4 is 5.32 Å². The zero-order valence-electron chi connectivity index (χ0n) is 15.7. The van der Waals surface area contributed by atoms with Crippen molar-refractivity contribution in [2.24, 2.45) is 11.8 Å². The highest BCUT2D eigenvalue weighted by molar-refractivity contribution is 5.76. The van der Waals surface area contributed by atoms with Gasteiger partial charge in [-0.2, -0.15) is 0 Å². The van der Waals surface area contributed by atoms with Crippen molar-refractivity contribution < 1.29 is 4.79 Å². The van der Waals surface area contributed by atoms with Gasteiger partial charge in [0.25, 0.3) is 0 Å². The van der Waals surface area contributed by atoms with Crippen molar-refractivity contribution in [1.82, 2.24) is 10.2 Å². The summed E-state index contributed by atoms with van der Waals surface area (Å²) in [7, 11) is 1.99. The van der Waals surface area contributed by atoms with Crippen molar-refractivity contribution in [3.63, 3.8) is 0 Å². The van der Waals surface area contributed by atoms with E-state index in [4.69, 9.17) is 0 Å². The van der Waals surface area contributed by atoms with Crippen molar-refractivity contribution in [1.29, 1.82) is 0 Å². The molecule has 0 aromatic heterocycles. The van der Waals surface area contributed by atoms with E-state index in [-0.39, 0.29) is 0 Å². The molecule has 1 aliphatic rings. The summed E-state index contributed by atoms with van der Waals surface area (Å²) in [6.45, 7) is 2.82. The lowest BCUT2D eigenvalue weighted by Gasteiger charge is -2.22. The summed E-state index contributed by atoms with van der Waals surface area (Å²) in [5.74, 6) is 1.27. The van der Waals surface area contributed by atoms with Gasteiger partial charge in [-0.15, -0.1) is 0 Å². The third-order valence-electron chi connectivity index (χ3n) is 5.33. The van der Waals surface area contributed by atoms with E-state index < -0.39 is 0 Å². The summed E-state index contributed by atoms with van der Waals surface area (Å²) >= 11 is 0. The van der Waals surface area contributed by atoms with Crippen LogP contribution in [0.15, 0.2) is 60.7 Å². The van der Waals surface area contributed by atoms with Crippen LogP contribution in [0, 0.1) is 11.8 Å². The Morgan fingerprint density at radius 2 is 1.62 bits per heavy atom. The Morgan fingerprint density at radius 1 is 1.04 bits per heavy atom. The van der Waals surface area contributed by atoms with Crippen molar-refractivity contribution in [3.8, 4) is 0 Å². The number of hydrogen-bond acceptors (Lipinski definition) is 2. The van der Waals surface area contributed by atoms with Gasteiger partial charge in [-0.3, -0.25) is 4.79 Å². The average Bonchev–Trinajstić information content (AvgIpc) is 3.12. The maximum absolute atomic E-state index is 12.9. The molecule has 3 heteroatoms. The van der Waals surface area contributed by atoms with E-state index >= 15 is 0 Å². The van der Waals surface area contributed by atoms with Crippen LogP contribution in [0.1, 0.15) is 24.0 Å². The maximum atomic E-state index is 12.9. The van der Waals surface area contributed by atoms with Crippen molar-refractivity contribution in [3.05, 3.63) is 71.8 Å². The van der Waals surface area contributed by atoms with E-state index in [1.807, 2.05) is 19.2 Å². The van der Waals surface area contributed by atoms with E-state index in [0.29, 0.717) is 24.2 Å². The van der Waals surface area contributed by atoms with Crippen molar-refractivity contribution >= 4 is 5.91 Å². The molecule has 1 amide bonds. The Kier molecular flexibility index (Phi) is 6.84. The van der Waals surface area contributed by atoms with E-state index in [0.717, 1.165) is 38.9 Å². The summed E-state index contributed by atoms with van der Waals surface area (Å²) in [5.41, 5.74) is 2.63. The second-order valence-electron chi connectivity index (χ2n) is 7.50. The minimum atomic E-state index is 0.320. The quantitative estimate of drug-likeness (QED) is 0.790. The SMILES string of the molecule is CNCC1CCN(C(=O)CC(Cc2ccccc2)Cc2ccccc2)C1. The second kappa shape index (κ2) is 9.54. The minimum Gasteiger partial charge on any atom is -0.342 e. The maximum Gasteiger partial charge on any atom is 0.222 e. The molecule has 1 atom stereocenters. The molecule has 138 valence electrons. The van der Waals surface area contributed by atoms with Gasteiger partial charge in [-0.1, -0.05) is 60.7 Å². The molecule has 26 heavy (non-hydrogen) atoms.